The molecule has 0 aliphatic carbocycles. The Labute approximate surface area is 172 Å². The molecule has 6 heteroatoms. The van der Waals surface area contributed by atoms with E-state index >= 15 is 0 Å². The van der Waals surface area contributed by atoms with Crippen LogP contribution in [0.2, 0.25) is 0 Å². The Hall–Kier alpha value is -3.47. The fraction of sp³-hybridized carbons (Fsp3) is 0. The summed E-state index contributed by atoms with van der Waals surface area (Å²) in [5, 5.41) is 10.9. The van der Waals surface area contributed by atoms with Gasteiger partial charge in [0.25, 0.3) is 0 Å². The summed E-state index contributed by atoms with van der Waals surface area (Å²) in [7, 11) is 0. The van der Waals surface area contributed by atoms with Gasteiger partial charge in [-0.3, -0.25) is 0 Å². The molecule has 29 heavy (non-hydrogen) atoms. The third kappa shape index (κ3) is 3.18. The van der Waals surface area contributed by atoms with Crippen LogP contribution in [0.5, 0.6) is 0 Å². The van der Waals surface area contributed by atoms with Crippen molar-refractivity contribution in [1.29, 1.82) is 0 Å². The number of nitro benzene ring substituents is 1. The summed E-state index contributed by atoms with van der Waals surface area (Å²) in [6.07, 6.45) is 2.04. The zero-order chi connectivity index (χ0) is 19.8. The molecule has 3 aromatic carbocycles. The molecule has 0 spiro atoms. The molecule has 0 saturated heterocycles. The van der Waals surface area contributed by atoms with Gasteiger partial charge in [0, 0.05) is 0 Å². The van der Waals surface area contributed by atoms with Crippen molar-refractivity contribution in [1.82, 2.24) is 9.38 Å². The van der Waals surface area contributed by atoms with E-state index in [1.165, 1.54) is 22.1 Å². The number of benzene rings is 3. The molecule has 0 aliphatic heterocycles. The molecule has 0 atom stereocenters. The predicted molar refractivity (Wildman–Crippen MR) is 115 cm³/mol. The minimum atomic E-state index is -0.386. The van der Waals surface area contributed by atoms with E-state index in [2.05, 4.69) is 40.8 Å². The van der Waals surface area contributed by atoms with E-state index in [4.69, 9.17) is 4.98 Å². The Morgan fingerprint density at radius 3 is 2.03 bits per heavy atom. The summed E-state index contributed by atoms with van der Waals surface area (Å²) in [6.45, 7) is 0. The van der Waals surface area contributed by atoms with Gasteiger partial charge in [0.1, 0.15) is 0 Å². The van der Waals surface area contributed by atoms with Crippen LogP contribution in [-0.4, -0.2) is 28.8 Å². The summed E-state index contributed by atoms with van der Waals surface area (Å²) in [4.78, 5) is 15.4. The van der Waals surface area contributed by atoms with Crippen molar-refractivity contribution in [3.05, 3.63) is 101 Å². The van der Waals surface area contributed by atoms with Crippen molar-refractivity contribution in [3.63, 3.8) is 0 Å². The molecule has 0 amide bonds. The molecule has 5 aromatic rings. The van der Waals surface area contributed by atoms with Gasteiger partial charge < -0.3 is 0 Å². The summed E-state index contributed by atoms with van der Waals surface area (Å²) >= 11 is 0.0611. The van der Waals surface area contributed by atoms with Gasteiger partial charge in [0.2, 0.25) is 0 Å². The van der Waals surface area contributed by atoms with Crippen LogP contribution >= 0.6 is 0 Å². The second-order valence-electron chi connectivity index (χ2n) is 6.59. The Kier molecular flexibility index (Phi) is 4.35. The summed E-state index contributed by atoms with van der Waals surface area (Å²) in [6, 6.07) is 27.3. The zero-order valence-corrected chi connectivity index (χ0v) is 16.9. The van der Waals surface area contributed by atoms with Crippen molar-refractivity contribution in [2.75, 3.05) is 0 Å². The van der Waals surface area contributed by atoms with Crippen LogP contribution < -0.4 is 0 Å². The maximum absolute atomic E-state index is 10.9. The van der Waals surface area contributed by atoms with Gasteiger partial charge in [0.05, 0.1) is 0 Å². The molecule has 0 unspecified atom stereocenters. The summed E-state index contributed by atoms with van der Waals surface area (Å²) in [5.74, 6) is 0. The monoisotopic (exact) mass is 445 g/mol. The number of rotatable bonds is 4. The Balaban J connectivity index is 1.69. The first-order valence-corrected chi connectivity index (χ1v) is 10.8. The van der Waals surface area contributed by atoms with Gasteiger partial charge >= 0.3 is 173 Å². The van der Waals surface area contributed by atoms with Crippen LogP contribution in [0.15, 0.2) is 91.1 Å². The molecule has 5 rings (SSSR count). The van der Waals surface area contributed by atoms with Crippen LogP contribution in [-0.2, 0) is 0 Å². The third-order valence-electron chi connectivity index (χ3n) is 4.78. The van der Waals surface area contributed by atoms with Crippen molar-refractivity contribution in [3.8, 4) is 32.5 Å². The van der Waals surface area contributed by atoms with Gasteiger partial charge in [-0.15, -0.1) is 0 Å². The number of hydrogen-bond donors (Lipinski definition) is 0. The average Bonchev–Trinajstić information content (AvgIpc) is 3.33. The van der Waals surface area contributed by atoms with Crippen molar-refractivity contribution in [2.45, 2.75) is 0 Å². The fourth-order valence-electron chi connectivity index (χ4n) is 3.39. The second kappa shape index (κ2) is 7.17. The SMILES string of the molecule is O=[N+]([O-])c1ccc(-c2cn3c(-c4ccccc4)c(-c4ccccc4)[se]c3n2)cc1. The van der Waals surface area contributed by atoms with Crippen molar-refractivity contribution >= 4 is 24.7 Å². The number of nitrogens with zero attached hydrogens (tertiary/aromatic N) is 3. The molecule has 0 saturated carbocycles. The van der Waals surface area contributed by atoms with E-state index in [9.17, 15) is 10.1 Å². The van der Waals surface area contributed by atoms with E-state index in [0.717, 1.165) is 27.0 Å². The molecular weight excluding hydrogens is 429 g/mol. The predicted octanol–water partition coefficient (Wildman–Crippen LogP) is 5.30. The van der Waals surface area contributed by atoms with Gasteiger partial charge in [-0.25, -0.2) is 0 Å². The molecular formula is C23H15N3O2Se. The Morgan fingerprint density at radius 2 is 1.41 bits per heavy atom. The molecule has 0 N–H and O–H groups in total. The molecule has 0 radical (unpaired) electrons. The van der Waals surface area contributed by atoms with E-state index in [1.54, 1.807) is 12.1 Å². The Morgan fingerprint density at radius 1 is 0.793 bits per heavy atom. The number of aromatic nitrogens is 2. The van der Waals surface area contributed by atoms with E-state index in [1.807, 2.05) is 30.5 Å². The van der Waals surface area contributed by atoms with Gasteiger partial charge in [-0.1, -0.05) is 0 Å². The fourth-order valence-corrected chi connectivity index (χ4v) is 5.77. The second-order valence-corrected chi connectivity index (χ2v) is 8.65. The first-order valence-electron chi connectivity index (χ1n) is 9.08. The van der Waals surface area contributed by atoms with Gasteiger partial charge in [0.15, 0.2) is 0 Å². The minimum absolute atomic E-state index is 0.0611. The number of hydrogen-bond acceptors (Lipinski definition) is 3. The van der Waals surface area contributed by atoms with E-state index < -0.39 is 0 Å². The summed E-state index contributed by atoms with van der Waals surface area (Å²) in [5.41, 5.74) is 5.32. The zero-order valence-electron chi connectivity index (χ0n) is 15.2. The van der Waals surface area contributed by atoms with Crippen LogP contribution in [0.25, 0.3) is 37.0 Å². The van der Waals surface area contributed by atoms with Crippen LogP contribution in [0.4, 0.5) is 5.69 Å². The quantitative estimate of drug-likeness (QED) is 0.215. The summed E-state index contributed by atoms with van der Waals surface area (Å²) < 4.78 is 4.51. The van der Waals surface area contributed by atoms with Gasteiger partial charge in [-0.05, 0) is 0 Å². The molecule has 140 valence electrons. The average molecular weight is 444 g/mol. The third-order valence-corrected chi connectivity index (χ3v) is 7.10. The Bertz CT molecular complexity index is 1310. The number of fused-ring (bicyclic) bond motifs is 1. The van der Waals surface area contributed by atoms with Crippen LogP contribution in [0, 0.1) is 10.1 Å². The van der Waals surface area contributed by atoms with Crippen LogP contribution in [0.1, 0.15) is 0 Å². The standard InChI is InChI=1S/C23H15N3O2Se/c27-26(28)19-13-11-16(12-14-19)20-15-25-21(17-7-3-1-4-8-17)22(29-23(25)24-20)18-9-5-2-6-10-18/h1-15H. The maximum atomic E-state index is 10.9. The molecule has 0 aliphatic rings. The molecule has 2 heterocycles. The van der Waals surface area contributed by atoms with E-state index in [0.29, 0.717) is 0 Å². The molecule has 0 bridgehead atoms. The van der Waals surface area contributed by atoms with E-state index in [-0.39, 0.29) is 25.1 Å². The van der Waals surface area contributed by atoms with Crippen molar-refractivity contribution < 1.29 is 4.92 Å². The molecule has 2 aromatic heterocycles. The number of nitro groups is 1. The normalized spacial score (nSPS) is 11.0. The molecule has 5 nitrogen and oxygen atoms in total. The van der Waals surface area contributed by atoms with Crippen LogP contribution in [0.3, 0.4) is 0 Å². The molecule has 0 fully saturated rings. The first-order chi connectivity index (χ1) is 14.2. The number of imidazole rings is 1. The van der Waals surface area contributed by atoms with Crippen molar-refractivity contribution in [2.24, 2.45) is 0 Å². The first kappa shape index (κ1) is 17.6. The topological polar surface area (TPSA) is 60.4 Å². The van der Waals surface area contributed by atoms with Gasteiger partial charge in [-0.2, -0.15) is 0 Å². The number of non-ortho nitro benzene ring substituents is 1.